The van der Waals surface area contributed by atoms with Gasteiger partial charge in [0, 0.05) is 5.92 Å². The van der Waals surface area contributed by atoms with Crippen LogP contribution in [0, 0.1) is 5.92 Å². The maximum absolute atomic E-state index is 5.85. The van der Waals surface area contributed by atoms with Gasteiger partial charge in [-0.1, -0.05) is 54.6 Å². The lowest BCUT2D eigenvalue weighted by atomic mass is 9.77. The van der Waals surface area contributed by atoms with Gasteiger partial charge in [-0.25, -0.2) is 0 Å². The second-order valence-corrected chi connectivity index (χ2v) is 6.04. The molecule has 0 spiro atoms. The highest BCUT2D eigenvalue weighted by Crippen LogP contribution is 2.52. The molecule has 1 N–H and O–H groups in total. The van der Waals surface area contributed by atoms with Crippen LogP contribution in [0.25, 0.3) is 0 Å². The minimum atomic E-state index is 0.343. The van der Waals surface area contributed by atoms with E-state index in [0.29, 0.717) is 24.5 Å². The van der Waals surface area contributed by atoms with Crippen LogP contribution in [0.15, 0.2) is 60.7 Å². The Morgan fingerprint density at radius 3 is 2.77 bits per heavy atom. The maximum atomic E-state index is 5.85. The van der Waals surface area contributed by atoms with Crippen LogP contribution in [0.1, 0.15) is 36.4 Å². The molecule has 1 aliphatic carbocycles. The zero-order valence-corrected chi connectivity index (χ0v) is 12.8. The fourth-order valence-corrected chi connectivity index (χ4v) is 3.86. The third-order valence-corrected chi connectivity index (χ3v) is 4.82. The fraction of sp³-hybridized carbons (Fsp3) is 0.300. The first-order chi connectivity index (χ1) is 10.9. The van der Waals surface area contributed by atoms with Gasteiger partial charge >= 0.3 is 0 Å². The van der Waals surface area contributed by atoms with Crippen LogP contribution in [-0.2, 0) is 0 Å². The van der Waals surface area contributed by atoms with Crippen LogP contribution in [0.2, 0.25) is 0 Å². The second-order valence-electron chi connectivity index (χ2n) is 6.04. The third-order valence-electron chi connectivity index (χ3n) is 4.82. The van der Waals surface area contributed by atoms with Crippen LogP contribution >= 0.6 is 0 Å². The molecule has 0 fully saturated rings. The van der Waals surface area contributed by atoms with E-state index in [0.717, 1.165) is 12.2 Å². The summed E-state index contributed by atoms with van der Waals surface area (Å²) in [4.78, 5) is 0. The summed E-state index contributed by atoms with van der Waals surface area (Å²) in [6, 6.07) is 17.5. The Morgan fingerprint density at radius 2 is 1.95 bits per heavy atom. The molecule has 0 saturated heterocycles. The van der Waals surface area contributed by atoms with E-state index in [4.69, 9.17) is 4.74 Å². The van der Waals surface area contributed by atoms with Gasteiger partial charge in [-0.05, 0) is 36.5 Å². The van der Waals surface area contributed by atoms with Crippen molar-refractivity contribution in [1.82, 2.24) is 0 Å². The number of allylic oxidation sites excluding steroid dienone is 2. The molecule has 0 amide bonds. The number of nitrogens with one attached hydrogen (secondary N) is 1. The first-order valence-electron chi connectivity index (χ1n) is 8.12. The largest absolute Gasteiger partial charge is 0.492 e. The van der Waals surface area contributed by atoms with Crippen molar-refractivity contribution >= 4 is 5.69 Å². The molecule has 2 nitrogen and oxygen atoms in total. The minimum absolute atomic E-state index is 0.343. The summed E-state index contributed by atoms with van der Waals surface area (Å²) in [5, 5.41) is 3.77. The topological polar surface area (TPSA) is 21.3 Å². The van der Waals surface area contributed by atoms with Gasteiger partial charge in [-0.15, -0.1) is 0 Å². The Hall–Kier alpha value is -2.22. The average molecular weight is 291 g/mol. The number of fused-ring (bicyclic) bond motifs is 3. The first-order valence-corrected chi connectivity index (χ1v) is 8.12. The molecule has 22 heavy (non-hydrogen) atoms. The number of rotatable bonds is 3. The highest BCUT2D eigenvalue weighted by molar-refractivity contribution is 5.67. The van der Waals surface area contributed by atoms with Gasteiger partial charge in [0.2, 0.25) is 0 Å². The van der Waals surface area contributed by atoms with Crippen molar-refractivity contribution in [2.24, 2.45) is 5.92 Å². The lowest BCUT2D eigenvalue weighted by molar-refractivity contribution is 0.337. The number of hydrogen-bond acceptors (Lipinski definition) is 2. The van der Waals surface area contributed by atoms with E-state index in [1.807, 2.05) is 6.92 Å². The molecule has 0 bridgehead atoms. The third kappa shape index (κ3) is 2.10. The van der Waals surface area contributed by atoms with Gasteiger partial charge in [0.25, 0.3) is 0 Å². The zero-order chi connectivity index (χ0) is 14.9. The molecule has 2 aliphatic rings. The van der Waals surface area contributed by atoms with Gasteiger partial charge in [0.15, 0.2) is 0 Å². The number of hydrogen-bond donors (Lipinski definition) is 1. The van der Waals surface area contributed by atoms with Crippen LogP contribution in [-0.4, -0.2) is 6.61 Å². The van der Waals surface area contributed by atoms with Gasteiger partial charge in [0.05, 0.1) is 18.3 Å². The van der Waals surface area contributed by atoms with E-state index < -0.39 is 0 Å². The number of para-hydroxylation sites is 1. The Balaban J connectivity index is 1.80. The highest BCUT2D eigenvalue weighted by Gasteiger charge is 2.38. The monoisotopic (exact) mass is 291 g/mol. The molecule has 4 rings (SSSR count). The van der Waals surface area contributed by atoms with Crippen molar-refractivity contribution in [2.45, 2.75) is 25.3 Å². The van der Waals surface area contributed by atoms with E-state index in [1.54, 1.807) is 0 Å². The smallest absolute Gasteiger partial charge is 0.142 e. The lowest BCUT2D eigenvalue weighted by Gasteiger charge is -2.38. The molecule has 3 atom stereocenters. The zero-order valence-electron chi connectivity index (χ0n) is 12.8. The molecule has 1 heterocycles. The number of benzene rings is 2. The van der Waals surface area contributed by atoms with Gasteiger partial charge in [0.1, 0.15) is 5.75 Å². The van der Waals surface area contributed by atoms with Gasteiger partial charge in [-0.3, -0.25) is 0 Å². The summed E-state index contributed by atoms with van der Waals surface area (Å²) >= 11 is 0. The predicted octanol–water partition coefficient (Wildman–Crippen LogP) is 4.91. The summed E-state index contributed by atoms with van der Waals surface area (Å²) in [5.41, 5.74) is 3.90. The molecular weight excluding hydrogens is 270 g/mol. The molecule has 0 saturated carbocycles. The molecule has 0 unspecified atom stereocenters. The minimum Gasteiger partial charge on any atom is -0.492 e. The van der Waals surface area contributed by atoms with Crippen molar-refractivity contribution in [2.75, 3.05) is 11.9 Å². The second kappa shape index (κ2) is 5.53. The quantitative estimate of drug-likeness (QED) is 0.811. The Labute approximate surface area is 131 Å². The Bertz CT molecular complexity index is 692. The molecule has 2 heteroatoms. The summed E-state index contributed by atoms with van der Waals surface area (Å²) < 4.78 is 5.85. The molecule has 2 aromatic rings. The van der Waals surface area contributed by atoms with Crippen molar-refractivity contribution in [1.29, 1.82) is 0 Å². The summed E-state index contributed by atoms with van der Waals surface area (Å²) in [6.07, 6.45) is 5.83. The summed E-state index contributed by atoms with van der Waals surface area (Å²) in [6.45, 7) is 2.73. The average Bonchev–Trinajstić information content (AvgIpc) is 3.05. The van der Waals surface area contributed by atoms with Crippen molar-refractivity contribution < 1.29 is 4.74 Å². The molecule has 112 valence electrons. The van der Waals surface area contributed by atoms with Gasteiger partial charge < -0.3 is 10.1 Å². The van der Waals surface area contributed by atoms with Crippen LogP contribution in [0.5, 0.6) is 5.75 Å². The number of ether oxygens (including phenoxy) is 1. The van der Waals surface area contributed by atoms with Crippen LogP contribution in [0.3, 0.4) is 0 Å². The molecule has 2 aromatic carbocycles. The Kier molecular flexibility index (Phi) is 3.38. The van der Waals surface area contributed by atoms with E-state index in [1.165, 1.54) is 16.8 Å². The van der Waals surface area contributed by atoms with Crippen LogP contribution in [0.4, 0.5) is 5.69 Å². The van der Waals surface area contributed by atoms with Crippen LogP contribution < -0.4 is 10.1 Å². The molecule has 0 aromatic heterocycles. The number of anilines is 1. The van der Waals surface area contributed by atoms with Gasteiger partial charge in [-0.2, -0.15) is 0 Å². The molecule has 0 radical (unpaired) electrons. The summed E-state index contributed by atoms with van der Waals surface area (Å²) in [7, 11) is 0. The van der Waals surface area contributed by atoms with Crippen molar-refractivity contribution in [3.8, 4) is 5.75 Å². The first kappa shape index (κ1) is 13.4. The lowest BCUT2D eigenvalue weighted by Crippen LogP contribution is -2.29. The van der Waals surface area contributed by atoms with Crippen molar-refractivity contribution in [3.63, 3.8) is 0 Å². The van der Waals surface area contributed by atoms with E-state index in [-0.39, 0.29) is 0 Å². The standard InChI is InChI=1S/C20H21NO/c1-2-22-18-13-7-12-17-15-10-6-11-16(15)19(21-20(17)18)14-8-4-3-5-9-14/h3-10,12-13,15-16,19,21H,2,11H2,1H3/t15-,16-,19-/m1/s1. The van der Waals surface area contributed by atoms with E-state index in [9.17, 15) is 0 Å². The van der Waals surface area contributed by atoms with E-state index >= 15 is 0 Å². The Morgan fingerprint density at radius 1 is 1.09 bits per heavy atom. The summed E-state index contributed by atoms with van der Waals surface area (Å²) in [5.74, 6) is 2.05. The maximum Gasteiger partial charge on any atom is 0.142 e. The fourth-order valence-electron chi connectivity index (χ4n) is 3.86. The normalized spacial score (nSPS) is 25.2. The predicted molar refractivity (Wildman–Crippen MR) is 90.4 cm³/mol. The highest BCUT2D eigenvalue weighted by atomic mass is 16.5. The van der Waals surface area contributed by atoms with E-state index in [2.05, 4.69) is 66.0 Å². The SMILES string of the molecule is CCOc1cccc2c1N[C@H](c1ccccc1)[C@@H]1CC=C[C@@H]21. The molecule has 1 aliphatic heterocycles. The van der Waals surface area contributed by atoms with Crippen molar-refractivity contribution in [3.05, 3.63) is 71.8 Å². The molecular formula is C20H21NO.